The van der Waals surface area contributed by atoms with Gasteiger partial charge >= 0.3 is 0 Å². The molecule has 18 heavy (non-hydrogen) atoms. The number of hydrogen-bond acceptors (Lipinski definition) is 2. The molecule has 0 aliphatic carbocycles. The van der Waals surface area contributed by atoms with Gasteiger partial charge in [0.1, 0.15) is 11.6 Å². The van der Waals surface area contributed by atoms with Gasteiger partial charge in [-0.2, -0.15) is 0 Å². The largest absolute Gasteiger partial charge is 0.369 e. The van der Waals surface area contributed by atoms with E-state index in [1.165, 1.54) is 6.07 Å². The molecular weight excluding hydrogens is 234 g/mol. The Morgan fingerprint density at radius 3 is 2.28 bits per heavy atom. The SMILES string of the molecule is CC1CNCC(C)CN(c2ccc(F)cc2F)C1. The van der Waals surface area contributed by atoms with Crippen molar-refractivity contribution in [1.82, 2.24) is 5.32 Å². The van der Waals surface area contributed by atoms with Crippen LogP contribution in [0.1, 0.15) is 13.8 Å². The summed E-state index contributed by atoms with van der Waals surface area (Å²) in [6, 6.07) is 3.82. The minimum Gasteiger partial charge on any atom is -0.369 e. The molecule has 1 aliphatic rings. The number of hydrogen-bond donors (Lipinski definition) is 1. The van der Waals surface area contributed by atoms with Gasteiger partial charge in [0.15, 0.2) is 0 Å². The van der Waals surface area contributed by atoms with E-state index in [4.69, 9.17) is 0 Å². The highest BCUT2D eigenvalue weighted by Crippen LogP contribution is 2.23. The Morgan fingerprint density at radius 1 is 1.11 bits per heavy atom. The zero-order valence-corrected chi connectivity index (χ0v) is 10.9. The van der Waals surface area contributed by atoms with Crippen molar-refractivity contribution in [3.63, 3.8) is 0 Å². The van der Waals surface area contributed by atoms with Gasteiger partial charge in [-0.1, -0.05) is 13.8 Å². The molecule has 2 rings (SSSR count). The van der Waals surface area contributed by atoms with Gasteiger partial charge in [-0.3, -0.25) is 0 Å². The second-order valence-corrected chi connectivity index (χ2v) is 5.37. The van der Waals surface area contributed by atoms with Gasteiger partial charge in [-0.25, -0.2) is 8.78 Å². The van der Waals surface area contributed by atoms with Crippen molar-refractivity contribution < 1.29 is 8.78 Å². The molecule has 2 atom stereocenters. The smallest absolute Gasteiger partial charge is 0.149 e. The van der Waals surface area contributed by atoms with Crippen molar-refractivity contribution >= 4 is 5.69 Å². The summed E-state index contributed by atoms with van der Waals surface area (Å²) in [5, 5.41) is 3.40. The highest BCUT2D eigenvalue weighted by atomic mass is 19.1. The molecule has 1 aliphatic heterocycles. The van der Waals surface area contributed by atoms with E-state index in [2.05, 4.69) is 19.2 Å². The lowest BCUT2D eigenvalue weighted by atomic mass is 10.0. The van der Waals surface area contributed by atoms with Gasteiger partial charge in [-0.15, -0.1) is 0 Å². The van der Waals surface area contributed by atoms with Crippen LogP contribution in [0, 0.1) is 23.5 Å². The quantitative estimate of drug-likeness (QED) is 0.829. The Hall–Kier alpha value is -1.16. The van der Waals surface area contributed by atoms with E-state index in [9.17, 15) is 8.78 Å². The van der Waals surface area contributed by atoms with Crippen molar-refractivity contribution in [3.05, 3.63) is 29.8 Å². The first kappa shape index (κ1) is 13.3. The second kappa shape index (κ2) is 5.65. The van der Waals surface area contributed by atoms with E-state index >= 15 is 0 Å². The number of rotatable bonds is 1. The van der Waals surface area contributed by atoms with Crippen molar-refractivity contribution in [2.75, 3.05) is 31.1 Å². The fourth-order valence-electron chi connectivity index (χ4n) is 2.47. The molecule has 1 N–H and O–H groups in total. The van der Waals surface area contributed by atoms with E-state index in [0.29, 0.717) is 17.5 Å². The average Bonchev–Trinajstić information content (AvgIpc) is 2.26. The van der Waals surface area contributed by atoms with E-state index in [1.54, 1.807) is 6.07 Å². The maximum absolute atomic E-state index is 13.8. The molecule has 100 valence electrons. The first-order chi connectivity index (χ1) is 8.56. The van der Waals surface area contributed by atoms with Crippen LogP contribution in [0.4, 0.5) is 14.5 Å². The Balaban J connectivity index is 2.22. The summed E-state index contributed by atoms with van der Waals surface area (Å²) in [7, 11) is 0. The van der Waals surface area contributed by atoms with Crippen molar-refractivity contribution in [2.45, 2.75) is 13.8 Å². The van der Waals surface area contributed by atoms with Crippen LogP contribution in [0.25, 0.3) is 0 Å². The standard InChI is InChI=1S/C14H20F2N2/c1-10-6-17-7-11(2)9-18(8-10)14-4-3-12(15)5-13(14)16/h3-5,10-11,17H,6-9H2,1-2H3. The minimum absolute atomic E-state index is 0.446. The van der Waals surface area contributed by atoms with Gasteiger partial charge in [0.05, 0.1) is 5.69 Å². The number of nitrogens with zero attached hydrogens (tertiary/aromatic N) is 1. The topological polar surface area (TPSA) is 15.3 Å². The molecular formula is C14H20F2N2. The first-order valence-corrected chi connectivity index (χ1v) is 6.47. The molecule has 2 nitrogen and oxygen atoms in total. The number of anilines is 1. The molecule has 4 heteroatoms. The molecule has 1 fully saturated rings. The van der Waals surface area contributed by atoms with Crippen LogP contribution in [-0.4, -0.2) is 26.2 Å². The molecule has 1 saturated heterocycles. The zero-order chi connectivity index (χ0) is 13.1. The molecule has 0 radical (unpaired) electrons. The third kappa shape index (κ3) is 3.19. The van der Waals surface area contributed by atoms with Gasteiger partial charge in [0.25, 0.3) is 0 Å². The summed E-state index contributed by atoms with van der Waals surface area (Å²) in [5.41, 5.74) is 0.511. The van der Waals surface area contributed by atoms with Crippen molar-refractivity contribution in [2.24, 2.45) is 11.8 Å². The predicted molar refractivity (Wildman–Crippen MR) is 69.8 cm³/mol. The zero-order valence-electron chi connectivity index (χ0n) is 10.9. The van der Waals surface area contributed by atoms with Crippen LogP contribution in [0.2, 0.25) is 0 Å². The molecule has 0 spiro atoms. The van der Waals surface area contributed by atoms with Crippen molar-refractivity contribution in [3.8, 4) is 0 Å². The summed E-state index contributed by atoms with van der Waals surface area (Å²) >= 11 is 0. The van der Waals surface area contributed by atoms with Crippen LogP contribution in [0.3, 0.4) is 0 Å². The lowest BCUT2D eigenvalue weighted by molar-refractivity contribution is 0.407. The second-order valence-electron chi connectivity index (χ2n) is 5.37. The van der Waals surface area contributed by atoms with Crippen LogP contribution in [0.15, 0.2) is 18.2 Å². The number of nitrogens with one attached hydrogen (secondary N) is 1. The Morgan fingerprint density at radius 2 is 1.72 bits per heavy atom. The molecule has 0 aromatic heterocycles. The molecule has 1 aromatic carbocycles. The molecule has 1 aromatic rings. The van der Waals surface area contributed by atoms with E-state index in [-0.39, 0.29) is 0 Å². The Bertz CT molecular complexity index is 397. The molecule has 0 saturated carbocycles. The van der Waals surface area contributed by atoms with Gasteiger partial charge in [0, 0.05) is 19.2 Å². The monoisotopic (exact) mass is 254 g/mol. The minimum atomic E-state index is -0.522. The summed E-state index contributed by atoms with van der Waals surface area (Å²) in [5.74, 6) is -0.0992. The maximum Gasteiger partial charge on any atom is 0.149 e. The Kier molecular flexibility index (Phi) is 4.17. The van der Waals surface area contributed by atoms with E-state index in [1.807, 2.05) is 4.90 Å². The lowest BCUT2D eigenvalue weighted by Gasteiger charge is -2.33. The number of benzene rings is 1. The van der Waals surface area contributed by atoms with Crippen LogP contribution >= 0.6 is 0 Å². The average molecular weight is 254 g/mol. The lowest BCUT2D eigenvalue weighted by Crippen LogP contribution is -2.43. The highest BCUT2D eigenvalue weighted by molar-refractivity contribution is 5.48. The fourth-order valence-corrected chi connectivity index (χ4v) is 2.47. The third-order valence-electron chi connectivity index (χ3n) is 3.30. The summed E-state index contributed by atoms with van der Waals surface area (Å²) in [6.07, 6.45) is 0. The normalized spacial score (nSPS) is 25.7. The van der Waals surface area contributed by atoms with Gasteiger partial charge in [-0.05, 0) is 37.1 Å². The summed E-state index contributed by atoms with van der Waals surface area (Å²) < 4.78 is 26.8. The predicted octanol–water partition coefficient (Wildman–Crippen LogP) is 2.65. The number of halogens is 2. The van der Waals surface area contributed by atoms with E-state index < -0.39 is 11.6 Å². The maximum atomic E-state index is 13.8. The van der Waals surface area contributed by atoms with Gasteiger partial charge < -0.3 is 10.2 Å². The molecule has 2 unspecified atom stereocenters. The molecule has 1 heterocycles. The van der Waals surface area contributed by atoms with Gasteiger partial charge in [0.2, 0.25) is 0 Å². The van der Waals surface area contributed by atoms with Crippen LogP contribution in [-0.2, 0) is 0 Å². The van der Waals surface area contributed by atoms with Crippen LogP contribution in [0.5, 0.6) is 0 Å². The summed E-state index contributed by atoms with van der Waals surface area (Å²) in [6.45, 7) is 7.72. The van der Waals surface area contributed by atoms with Crippen LogP contribution < -0.4 is 10.2 Å². The molecule has 0 bridgehead atoms. The fraction of sp³-hybridized carbons (Fsp3) is 0.571. The molecule has 0 amide bonds. The first-order valence-electron chi connectivity index (χ1n) is 6.47. The highest BCUT2D eigenvalue weighted by Gasteiger charge is 2.20. The van der Waals surface area contributed by atoms with Crippen molar-refractivity contribution in [1.29, 1.82) is 0 Å². The summed E-state index contributed by atoms with van der Waals surface area (Å²) in [4.78, 5) is 2.03. The third-order valence-corrected chi connectivity index (χ3v) is 3.30. The Labute approximate surface area is 107 Å². The van der Waals surface area contributed by atoms with E-state index in [0.717, 1.165) is 32.2 Å².